The maximum atomic E-state index is 13.9. The van der Waals surface area contributed by atoms with Gasteiger partial charge in [-0.3, -0.25) is 0 Å². The summed E-state index contributed by atoms with van der Waals surface area (Å²) in [4.78, 5) is 2.32. The van der Waals surface area contributed by atoms with E-state index >= 15 is 0 Å². The molecule has 4 rings (SSSR count). The maximum Gasteiger partial charge on any atom is 0.163 e. The molecule has 0 aliphatic carbocycles. The average Bonchev–Trinajstić information content (AvgIpc) is 2.85. The van der Waals surface area contributed by atoms with Crippen molar-refractivity contribution in [2.45, 2.75) is 20.1 Å². The van der Waals surface area contributed by atoms with E-state index in [1.54, 1.807) is 24.3 Å². The number of nitrogens with zero attached hydrogens (tertiary/aromatic N) is 1. The smallest absolute Gasteiger partial charge is 0.163 e. The predicted molar refractivity (Wildman–Crippen MR) is 130 cm³/mol. The van der Waals surface area contributed by atoms with Gasteiger partial charge >= 0.3 is 0 Å². The number of hydrogen-bond donors (Lipinski definition) is 1. The van der Waals surface area contributed by atoms with Crippen LogP contribution in [-0.2, 0) is 17.9 Å². The molecular weight excluding hydrogens is 443 g/mol. The molecule has 0 amide bonds. The van der Waals surface area contributed by atoms with Crippen LogP contribution in [0.15, 0.2) is 60.7 Å². The molecule has 0 radical (unpaired) electrons. The van der Waals surface area contributed by atoms with Crippen molar-refractivity contribution in [1.82, 2.24) is 0 Å². The molecule has 5 nitrogen and oxygen atoms in total. The van der Waals surface area contributed by atoms with E-state index in [9.17, 15) is 4.39 Å². The van der Waals surface area contributed by atoms with E-state index in [1.165, 1.54) is 11.8 Å². The molecule has 1 aliphatic rings. The second kappa shape index (κ2) is 11.3. The standard InChI is InChI=1S/C26H28ClFN2O3/c1-2-32-25-15-20(23(27)16-26(25)33-18-19-5-3-4-6-24(19)28)17-29-21-7-9-22(10-8-21)30-11-13-31-14-12-30/h3-10,15-16,29H,2,11-14,17-18H2,1H3. The topological polar surface area (TPSA) is 43.0 Å². The Morgan fingerprint density at radius 1 is 0.970 bits per heavy atom. The van der Waals surface area contributed by atoms with Crippen molar-refractivity contribution in [3.05, 3.63) is 82.6 Å². The van der Waals surface area contributed by atoms with Crippen LogP contribution in [0, 0.1) is 5.82 Å². The summed E-state index contributed by atoms with van der Waals surface area (Å²) in [6.07, 6.45) is 0. The lowest BCUT2D eigenvalue weighted by Gasteiger charge is -2.29. The lowest BCUT2D eigenvalue weighted by Crippen LogP contribution is -2.36. The SMILES string of the molecule is CCOc1cc(CNc2ccc(N3CCOCC3)cc2)c(Cl)cc1OCc1ccccc1F. The van der Waals surface area contributed by atoms with Crippen molar-refractivity contribution in [1.29, 1.82) is 0 Å². The summed E-state index contributed by atoms with van der Waals surface area (Å²) in [6, 6.07) is 18.5. The molecule has 1 aliphatic heterocycles. The summed E-state index contributed by atoms with van der Waals surface area (Å²) in [5, 5.41) is 3.97. The van der Waals surface area contributed by atoms with Crippen LogP contribution in [0.25, 0.3) is 0 Å². The Morgan fingerprint density at radius 3 is 2.42 bits per heavy atom. The highest BCUT2D eigenvalue weighted by Crippen LogP contribution is 2.35. The molecule has 3 aromatic carbocycles. The van der Waals surface area contributed by atoms with Crippen molar-refractivity contribution in [2.24, 2.45) is 0 Å². The van der Waals surface area contributed by atoms with Crippen LogP contribution >= 0.6 is 11.6 Å². The summed E-state index contributed by atoms with van der Waals surface area (Å²) in [6.45, 7) is 6.36. The van der Waals surface area contributed by atoms with Crippen LogP contribution in [-0.4, -0.2) is 32.9 Å². The molecule has 0 unspecified atom stereocenters. The largest absolute Gasteiger partial charge is 0.490 e. The van der Waals surface area contributed by atoms with E-state index in [-0.39, 0.29) is 12.4 Å². The second-order valence-electron chi connectivity index (χ2n) is 7.70. The quantitative estimate of drug-likeness (QED) is 0.421. The Labute approximate surface area is 199 Å². The Hall–Kier alpha value is -2.96. The number of anilines is 2. The molecule has 1 saturated heterocycles. The fourth-order valence-corrected chi connectivity index (χ4v) is 3.89. The van der Waals surface area contributed by atoms with Gasteiger partial charge in [-0.25, -0.2) is 4.39 Å². The molecule has 1 fully saturated rings. The number of morpholine rings is 1. The average molecular weight is 471 g/mol. The van der Waals surface area contributed by atoms with Gasteiger partial charge in [-0.2, -0.15) is 0 Å². The molecule has 0 saturated carbocycles. The first kappa shape index (κ1) is 23.2. The Morgan fingerprint density at radius 2 is 1.70 bits per heavy atom. The van der Waals surface area contributed by atoms with Gasteiger partial charge in [0, 0.05) is 47.7 Å². The van der Waals surface area contributed by atoms with Crippen molar-refractivity contribution < 1.29 is 18.6 Å². The number of halogens is 2. The highest BCUT2D eigenvalue weighted by Gasteiger charge is 2.14. The van der Waals surface area contributed by atoms with Crippen molar-refractivity contribution in [3.63, 3.8) is 0 Å². The number of nitrogens with one attached hydrogen (secondary N) is 1. The minimum Gasteiger partial charge on any atom is -0.490 e. The van der Waals surface area contributed by atoms with E-state index in [0.29, 0.717) is 35.2 Å². The van der Waals surface area contributed by atoms with E-state index in [0.717, 1.165) is 37.6 Å². The Bertz CT molecular complexity index is 1060. The van der Waals surface area contributed by atoms with Gasteiger partial charge in [0.1, 0.15) is 12.4 Å². The van der Waals surface area contributed by atoms with Crippen molar-refractivity contribution in [3.8, 4) is 11.5 Å². The molecule has 0 spiro atoms. The fraction of sp³-hybridized carbons (Fsp3) is 0.308. The molecule has 1 N–H and O–H groups in total. The third kappa shape index (κ3) is 6.09. The van der Waals surface area contributed by atoms with Crippen LogP contribution < -0.4 is 19.7 Å². The van der Waals surface area contributed by atoms with Crippen LogP contribution in [0.3, 0.4) is 0 Å². The van der Waals surface area contributed by atoms with E-state index < -0.39 is 0 Å². The van der Waals surface area contributed by atoms with E-state index in [2.05, 4.69) is 34.5 Å². The Balaban J connectivity index is 1.42. The zero-order valence-corrected chi connectivity index (χ0v) is 19.4. The molecule has 33 heavy (non-hydrogen) atoms. The molecule has 3 aromatic rings. The summed E-state index contributed by atoms with van der Waals surface area (Å²) < 4.78 is 31.0. The van der Waals surface area contributed by atoms with Crippen molar-refractivity contribution in [2.75, 3.05) is 43.1 Å². The highest BCUT2D eigenvalue weighted by atomic mass is 35.5. The van der Waals surface area contributed by atoms with E-state index in [1.807, 2.05) is 13.0 Å². The van der Waals surface area contributed by atoms with Crippen LogP contribution in [0.4, 0.5) is 15.8 Å². The number of hydrogen-bond acceptors (Lipinski definition) is 5. The third-order valence-corrected chi connectivity index (χ3v) is 5.83. The van der Waals surface area contributed by atoms with Gasteiger partial charge in [-0.15, -0.1) is 0 Å². The van der Waals surface area contributed by atoms with Gasteiger partial charge in [0.05, 0.1) is 19.8 Å². The normalized spacial score (nSPS) is 13.6. The van der Waals surface area contributed by atoms with Gasteiger partial charge in [-0.05, 0) is 48.9 Å². The number of ether oxygens (including phenoxy) is 3. The molecule has 0 atom stereocenters. The van der Waals surface area contributed by atoms with Crippen LogP contribution in [0.2, 0.25) is 5.02 Å². The molecule has 0 aromatic heterocycles. The third-order valence-electron chi connectivity index (χ3n) is 5.48. The second-order valence-corrected chi connectivity index (χ2v) is 8.11. The van der Waals surface area contributed by atoms with Gasteiger partial charge in [0.15, 0.2) is 11.5 Å². The van der Waals surface area contributed by atoms with Gasteiger partial charge in [0.2, 0.25) is 0 Å². The lowest BCUT2D eigenvalue weighted by molar-refractivity contribution is 0.122. The minimum atomic E-state index is -0.304. The summed E-state index contributed by atoms with van der Waals surface area (Å²) >= 11 is 6.54. The first-order valence-electron chi connectivity index (χ1n) is 11.1. The zero-order valence-electron chi connectivity index (χ0n) is 18.7. The molecular formula is C26H28ClFN2O3. The van der Waals surface area contributed by atoms with Crippen molar-refractivity contribution >= 4 is 23.0 Å². The number of rotatable bonds is 9. The van der Waals surface area contributed by atoms with Crippen LogP contribution in [0.5, 0.6) is 11.5 Å². The highest BCUT2D eigenvalue weighted by molar-refractivity contribution is 6.31. The lowest BCUT2D eigenvalue weighted by atomic mass is 10.1. The van der Waals surface area contributed by atoms with Crippen LogP contribution in [0.1, 0.15) is 18.1 Å². The molecule has 174 valence electrons. The van der Waals surface area contributed by atoms with E-state index in [4.69, 9.17) is 25.8 Å². The van der Waals surface area contributed by atoms with Gasteiger partial charge < -0.3 is 24.4 Å². The summed E-state index contributed by atoms with van der Waals surface area (Å²) in [5.41, 5.74) is 3.55. The predicted octanol–water partition coefficient (Wildman–Crippen LogP) is 5.91. The maximum absolute atomic E-state index is 13.9. The summed E-state index contributed by atoms with van der Waals surface area (Å²) in [7, 11) is 0. The van der Waals surface area contributed by atoms with Gasteiger partial charge in [-0.1, -0.05) is 29.8 Å². The first-order valence-corrected chi connectivity index (χ1v) is 11.5. The number of benzene rings is 3. The minimum absolute atomic E-state index is 0.0934. The molecule has 1 heterocycles. The molecule has 7 heteroatoms. The Kier molecular flexibility index (Phi) is 7.92. The first-order chi connectivity index (χ1) is 16.1. The zero-order chi connectivity index (χ0) is 23.0. The van der Waals surface area contributed by atoms with Gasteiger partial charge in [0.25, 0.3) is 0 Å². The molecule has 0 bridgehead atoms. The fourth-order valence-electron chi connectivity index (χ4n) is 3.67. The monoisotopic (exact) mass is 470 g/mol. The summed E-state index contributed by atoms with van der Waals surface area (Å²) in [5.74, 6) is 0.767.